The number of rotatable bonds is 4. The van der Waals surface area contributed by atoms with Crippen LogP contribution in [-0.4, -0.2) is 21.3 Å². The highest BCUT2D eigenvalue weighted by Crippen LogP contribution is 2.45. The van der Waals surface area contributed by atoms with Crippen molar-refractivity contribution in [2.75, 3.05) is 21.3 Å². The van der Waals surface area contributed by atoms with Gasteiger partial charge in [-0.1, -0.05) is 36.4 Å². The standard InChI is InChI=1S/C20H20O3/c1-13-9-10-14-7-5-6-8-16(14)19(13)20-17(22-3)11-15(21-2)12-18(20)23-4/h5-12H,1-4H3. The molecule has 3 aromatic rings. The van der Waals surface area contributed by atoms with E-state index in [0.29, 0.717) is 5.75 Å². The average Bonchev–Trinajstić information content (AvgIpc) is 2.60. The number of ether oxygens (including phenoxy) is 3. The van der Waals surface area contributed by atoms with Crippen molar-refractivity contribution in [2.45, 2.75) is 6.92 Å². The SMILES string of the molecule is COc1cc(OC)c(-c2c(C)ccc3ccccc23)c(OC)c1. The third-order valence-electron chi connectivity index (χ3n) is 4.10. The van der Waals surface area contributed by atoms with Gasteiger partial charge in [-0.25, -0.2) is 0 Å². The second-order valence-electron chi connectivity index (χ2n) is 5.39. The zero-order chi connectivity index (χ0) is 16.4. The lowest BCUT2D eigenvalue weighted by Gasteiger charge is -2.18. The fourth-order valence-corrected chi connectivity index (χ4v) is 2.96. The van der Waals surface area contributed by atoms with E-state index >= 15 is 0 Å². The molecule has 0 saturated carbocycles. The molecule has 0 aliphatic rings. The monoisotopic (exact) mass is 308 g/mol. The van der Waals surface area contributed by atoms with Crippen molar-refractivity contribution in [3.63, 3.8) is 0 Å². The summed E-state index contributed by atoms with van der Waals surface area (Å²) < 4.78 is 16.6. The molecule has 0 saturated heterocycles. The van der Waals surface area contributed by atoms with Crippen LogP contribution < -0.4 is 14.2 Å². The number of hydrogen-bond donors (Lipinski definition) is 0. The van der Waals surface area contributed by atoms with Gasteiger partial charge in [0.2, 0.25) is 0 Å². The Morgan fingerprint density at radius 3 is 1.96 bits per heavy atom. The molecule has 0 N–H and O–H groups in total. The normalized spacial score (nSPS) is 10.6. The maximum atomic E-state index is 5.63. The number of hydrogen-bond acceptors (Lipinski definition) is 3. The molecule has 3 heteroatoms. The Morgan fingerprint density at radius 1 is 0.696 bits per heavy atom. The molecule has 118 valence electrons. The maximum Gasteiger partial charge on any atom is 0.134 e. The summed E-state index contributed by atoms with van der Waals surface area (Å²) in [6, 6.07) is 16.4. The van der Waals surface area contributed by atoms with E-state index in [9.17, 15) is 0 Å². The molecule has 0 aliphatic carbocycles. The first kappa shape index (κ1) is 15.2. The Balaban J connectivity index is 2.41. The van der Waals surface area contributed by atoms with Crippen molar-refractivity contribution in [1.82, 2.24) is 0 Å². The van der Waals surface area contributed by atoms with Crippen LogP contribution in [0.15, 0.2) is 48.5 Å². The molecule has 0 spiro atoms. The summed E-state index contributed by atoms with van der Waals surface area (Å²) in [5.41, 5.74) is 3.25. The smallest absolute Gasteiger partial charge is 0.134 e. The maximum absolute atomic E-state index is 5.63. The highest BCUT2D eigenvalue weighted by molar-refractivity contribution is 6.01. The third kappa shape index (κ3) is 2.59. The van der Waals surface area contributed by atoms with E-state index in [4.69, 9.17) is 14.2 Å². The zero-order valence-electron chi connectivity index (χ0n) is 13.8. The van der Waals surface area contributed by atoms with Crippen LogP contribution in [0.2, 0.25) is 0 Å². The van der Waals surface area contributed by atoms with Crippen molar-refractivity contribution in [3.8, 4) is 28.4 Å². The molecular formula is C20H20O3. The largest absolute Gasteiger partial charge is 0.496 e. The first-order valence-corrected chi connectivity index (χ1v) is 7.48. The molecule has 3 rings (SSSR count). The number of aryl methyl sites for hydroxylation is 1. The Labute approximate surface area is 136 Å². The zero-order valence-corrected chi connectivity index (χ0v) is 13.8. The first-order chi connectivity index (χ1) is 11.2. The van der Waals surface area contributed by atoms with E-state index in [0.717, 1.165) is 22.6 Å². The van der Waals surface area contributed by atoms with Crippen molar-refractivity contribution in [2.24, 2.45) is 0 Å². The van der Waals surface area contributed by atoms with Crippen LogP contribution in [0.25, 0.3) is 21.9 Å². The van der Waals surface area contributed by atoms with Crippen LogP contribution in [0, 0.1) is 6.92 Å². The lowest BCUT2D eigenvalue weighted by atomic mass is 9.92. The first-order valence-electron chi connectivity index (χ1n) is 7.48. The molecular weight excluding hydrogens is 288 g/mol. The molecule has 0 heterocycles. The van der Waals surface area contributed by atoms with Gasteiger partial charge in [0.25, 0.3) is 0 Å². The molecule has 3 aromatic carbocycles. The van der Waals surface area contributed by atoms with Gasteiger partial charge in [-0.3, -0.25) is 0 Å². The summed E-state index contributed by atoms with van der Waals surface area (Å²) in [6.45, 7) is 2.10. The minimum absolute atomic E-state index is 0.709. The van der Waals surface area contributed by atoms with Crippen molar-refractivity contribution in [1.29, 1.82) is 0 Å². The Kier molecular flexibility index (Phi) is 4.11. The van der Waals surface area contributed by atoms with Crippen LogP contribution >= 0.6 is 0 Å². The summed E-state index contributed by atoms with van der Waals surface area (Å²) in [6.07, 6.45) is 0. The predicted octanol–water partition coefficient (Wildman–Crippen LogP) is 4.84. The number of methoxy groups -OCH3 is 3. The van der Waals surface area contributed by atoms with E-state index in [1.807, 2.05) is 24.3 Å². The molecule has 0 bridgehead atoms. The van der Waals surface area contributed by atoms with Crippen LogP contribution in [0.4, 0.5) is 0 Å². The van der Waals surface area contributed by atoms with Crippen molar-refractivity contribution in [3.05, 3.63) is 54.1 Å². The summed E-state index contributed by atoms with van der Waals surface area (Å²) in [5, 5.41) is 2.36. The highest BCUT2D eigenvalue weighted by Gasteiger charge is 2.19. The van der Waals surface area contributed by atoms with Gasteiger partial charge < -0.3 is 14.2 Å². The van der Waals surface area contributed by atoms with E-state index in [-0.39, 0.29) is 0 Å². The van der Waals surface area contributed by atoms with Crippen molar-refractivity contribution < 1.29 is 14.2 Å². The van der Waals surface area contributed by atoms with Crippen LogP contribution in [0.5, 0.6) is 17.2 Å². The van der Waals surface area contributed by atoms with Gasteiger partial charge in [0.1, 0.15) is 17.2 Å². The summed E-state index contributed by atoms with van der Waals surface area (Å²) in [4.78, 5) is 0. The molecule has 0 atom stereocenters. The average molecular weight is 308 g/mol. The second-order valence-corrected chi connectivity index (χ2v) is 5.39. The minimum atomic E-state index is 0.709. The number of fused-ring (bicyclic) bond motifs is 1. The molecule has 0 aromatic heterocycles. The van der Waals surface area contributed by atoms with Gasteiger partial charge in [-0.15, -0.1) is 0 Å². The van der Waals surface area contributed by atoms with Gasteiger partial charge in [-0.05, 0) is 28.8 Å². The van der Waals surface area contributed by atoms with E-state index in [2.05, 4.69) is 31.2 Å². The highest BCUT2D eigenvalue weighted by atomic mass is 16.5. The van der Waals surface area contributed by atoms with Crippen LogP contribution in [-0.2, 0) is 0 Å². The van der Waals surface area contributed by atoms with E-state index < -0.39 is 0 Å². The number of benzene rings is 3. The molecule has 3 nitrogen and oxygen atoms in total. The van der Waals surface area contributed by atoms with Crippen LogP contribution in [0.1, 0.15) is 5.56 Å². The predicted molar refractivity (Wildman–Crippen MR) is 93.8 cm³/mol. The fourth-order valence-electron chi connectivity index (χ4n) is 2.96. The molecule has 0 amide bonds. The molecule has 0 aliphatic heterocycles. The third-order valence-corrected chi connectivity index (χ3v) is 4.10. The summed E-state index contributed by atoms with van der Waals surface area (Å²) >= 11 is 0. The molecule has 0 unspecified atom stereocenters. The van der Waals surface area contributed by atoms with Gasteiger partial charge >= 0.3 is 0 Å². The molecule has 0 fully saturated rings. The summed E-state index contributed by atoms with van der Waals surface area (Å²) in [5.74, 6) is 2.18. The topological polar surface area (TPSA) is 27.7 Å². The molecule has 0 radical (unpaired) electrons. The van der Waals surface area contributed by atoms with Gasteiger partial charge in [0, 0.05) is 12.1 Å². The van der Waals surface area contributed by atoms with Gasteiger partial charge in [-0.2, -0.15) is 0 Å². The lowest BCUT2D eigenvalue weighted by molar-refractivity contribution is 0.377. The van der Waals surface area contributed by atoms with Crippen molar-refractivity contribution >= 4 is 10.8 Å². The van der Waals surface area contributed by atoms with E-state index in [1.54, 1.807) is 21.3 Å². The minimum Gasteiger partial charge on any atom is -0.496 e. The fraction of sp³-hybridized carbons (Fsp3) is 0.200. The molecule has 23 heavy (non-hydrogen) atoms. The Morgan fingerprint density at radius 2 is 1.35 bits per heavy atom. The Hall–Kier alpha value is -2.68. The van der Waals surface area contributed by atoms with E-state index in [1.165, 1.54) is 16.3 Å². The summed E-state index contributed by atoms with van der Waals surface area (Å²) in [7, 11) is 4.97. The van der Waals surface area contributed by atoms with Gasteiger partial charge in [0.15, 0.2) is 0 Å². The Bertz CT molecular complexity index is 828. The van der Waals surface area contributed by atoms with Gasteiger partial charge in [0.05, 0.1) is 26.9 Å². The van der Waals surface area contributed by atoms with Crippen LogP contribution in [0.3, 0.4) is 0 Å². The quantitative estimate of drug-likeness (QED) is 0.690. The second kappa shape index (κ2) is 6.21. The lowest BCUT2D eigenvalue weighted by Crippen LogP contribution is -1.97.